The molecule has 0 fully saturated rings. The molecule has 1 amide bonds. The van der Waals surface area contributed by atoms with Crippen molar-refractivity contribution < 1.29 is 9.53 Å². The molecular formula is C20H26N2O2. The highest BCUT2D eigenvalue weighted by atomic mass is 16.5. The van der Waals surface area contributed by atoms with Crippen LogP contribution in [0.25, 0.3) is 0 Å². The van der Waals surface area contributed by atoms with Crippen LogP contribution in [-0.4, -0.2) is 28.4 Å². The van der Waals surface area contributed by atoms with Gasteiger partial charge in [-0.3, -0.25) is 9.78 Å². The van der Waals surface area contributed by atoms with Gasteiger partial charge in [0.2, 0.25) is 5.91 Å². The third-order valence-corrected chi connectivity index (χ3v) is 3.86. The van der Waals surface area contributed by atoms with Gasteiger partial charge in [0.15, 0.2) is 0 Å². The highest BCUT2D eigenvalue weighted by molar-refractivity contribution is 5.76. The maximum Gasteiger partial charge on any atom is 0.223 e. The van der Waals surface area contributed by atoms with Gasteiger partial charge in [-0.05, 0) is 57.0 Å². The summed E-state index contributed by atoms with van der Waals surface area (Å²) in [6, 6.07) is 13.9. The van der Waals surface area contributed by atoms with E-state index in [9.17, 15) is 4.79 Å². The molecule has 0 unspecified atom stereocenters. The van der Waals surface area contributed by atoms with E-state index < -0.39 is 0 Å². The second-order valence-electron chi connectivity index (χ2n) is 6.01. The summed E-state index contributed by atoms with van der Waals surface area (Å²) in [5.41, 5.74) is 2.06. The van der Waals surface area contributed by atoms with Gasteiger partial charge in [-0.25, -0.2) is 0 Å². The van der Waals surface area contributed by atoms with Crippen LogP contribution < -0.4 is 4.74 Å². The summed E-state index contributed by atoms with van der Waals surface area (Å²) in [5, 5.41) is 0. The quantitative estimate of drug-likeness (QED) is 0.740. The number of benzene rings is 1. The van der Waals surface area contributed by atoms with Crippen molar-refractivity contribution >= 4 is 5.91 Å². The number of pyridine rings is 1. The van der Waals surface area contributed by atoms with E-state index in [1.807, 2.05) is 68.1 Å². The Morgan fingerprint density at radius 2 is 1.92 bits per heavy atom. The van der Waals surface area contributed by atoms with Crippen molar-refractivity contribution in [3.05, 3.63) is 59.9 Å². The number of hydrogen-bond acceptors (Lipinski definition) is 3. The zero-order chi connectivity index (χ0) is 17.4. The minimum absolute atomic E-state index is 0.153. The average molecular weight is 326 g/mol. The molecule has 0 aliphatic heterocycles. The Morgan fingerprint density at radius 3 is 2.50 bits per heavy atom. The number of ether oxygens (including phenoxy) is 1. The summed E-state index contributed by atoms with van der Waals surface area (Å²) in [7, 11) is 0. The van der Waals surface area contributed by atoms with Crippen molar-refractivity contribution in [1.82, 2.24) is 9.88 Å². The summed E-state index contributed by atoms with van der Waals surface area (Å²) in [6.07, 6.45) is 2.99. The Kier molecular flexibility index (Phi) is 6.79. The van der Waals surface area contributed by atoms with Crippen LogP contribution in [-0.2, 0) is 17.8 Å². The van der Waals surface area contributed by atoms with Crippen molar-refractivity contribution in [3.63, 3.8) is 0 Å². The predicted molar refractivity (Wildman–Crippen MR) is 95.9 cm³/mol. The minimum Gasteiger partial charge on any atom is -0.494 e. The molecule has 0 saturated carbocycles. The van der Waals surface area contributed by atoms with Gasteiger partial charge in [-0.2, -0.15) is 0 Å². The molecule has 4 heteroatoms. The van der Waals surface area contributed by atoms with Crippen LogP contribution in [0.5, 0.6) is 5.75 Å². The molecule has 0 N–H and O–H groups in total. The lowest BCUT2D eigenvalue weighted by atomic mass is 10.1. The number of hydrogen-bond donors (Lipinski definition) is 0. The second kappa shape index (κ2) is 9.06. The standard InChI is InChI=1S/C20H26N2O2/c1-4-24-19-11-8-17(9-12-19)10-13-20(23)22(16(2)3)15-18-7-5-6-14-21-18/h5-9,11-12,14,16H,4,10,13,15H2,1-3H3. The van der Waals surface area contributed by atoms with Gasteiger partial charge in [0.25, 0.3) is 0 Å². The number of carbonyl (C=O) groups is 1. The fraction of sp³-hybridized carbons (Fsp3) is 0.400. The topological polar surface area (TPSA) is 42.4 Å². The zero-order valence-corrected chi connectivity index (χ0v) is 14.7. The Balaban J connectivity index is 1.93. The molecule has 0 atom stereocenters. The Labute approximate surface area is 144 Å². The molecule has 0 saturated heterocycles. The number of carbonyl (C=O) groups excluding carboxylic acids is 1. The van der Waals surface area contributed by atoms with E-state index >= 15 is 0 Å². The van der Waals surface area contributed by atoms with Crippen molar-refractivity contribution in [1.29, 1.82) is 0 Å². The molecule has 24 heavy (non-hydrogen) atoms. The largest absolute Gasteiger partial charge is 0.494 e. The normalized spacial score (nSPS) is 10.7. The summed E-state index contributed by atoms with van der Waals surface area (Å²) < 4.78 is 5.44. The Bertz CT molecular complexity index is 624. The van der Waals surface area contributed by atoms with Crippen molar-refractivity contribution in [2.24, 2.45) is 0 Å². The molecule has 1 aromatic carbocycles. The zero-order valence-electron chi connectivity index (χ0n) is 14.7. The van der Waals surface area contributed by atoms with Crippen LogP contribution >= 0.6 is 0 Å². The van der Waals surface area contributed by atoms with Crippen molar-refractivity contribution in [2.75, 3.05) is 6.61 Å². The lowest BCUT2D eigenvalue weighted by Crippen LogP contribution is -2.36. The van der Waals surface area contributed by atoms with Gasteiger partial charge < -0.3 is 9.64 Å². The molecule has 0 aliphatic rings. The first-order valence-corrected chi connectivity index (χ1v) is 8.51. The first-order valence-electron chi connectivity index (χ1n) is 8.51. The summed E-state index contributed by atoms with van der Waals surface area (Å²) in [5.74, 6) is 1.02. The lowest BCUT2D eigenvalue weighted by Gasteiger charge is -2.26. The Morgan fingerprint density at radius 1 is 1.17 bits per heavy atom. The minimum atomic E-state index is 0.153. The van der Waals surface area contributed by atoms with E-state index in [1.165, 1.54) is 0 Å². The summed E-state index contributed by atoms with van der Waals surface area (Å²) >= 11 is 0. The number of nitrogens with zero attached hydrogens (tertiary/aromatic N) is 2. The van der Waals surface area contributed by atoms with Crippen LogP contribution in [0.15, 0.2) is 48.7 Å². The van der Waals surface area contributed by atoms with Crippen molar-refractivity contribution in [3.8, 4) is 5.75 Å². The maximum atomic E-state index is 12.6. The van der Waals surface area contributed by atoms with Gasteiger partial charge >= 0.3 is 0 Å². The molecule has 4 nitrogen and oxygen atoms in total. The average Bonchev–Trinajstić information content (AvgIpc) is 2.60. The molecule has 128 valence electrons. The number of amides is 1. The third kappa shape index (κ3) is 5.37. The lowest BCUT2D eigenvalue weighted by molar-refractivity contribution is -0.133. The van der Waals surface area contributed by atoms with Crippen LogP contribution in [0, 0.1) is 0 Å². The molecule has 0 radical (unpaired) electrons. The van der Waals surface area contributed by atoms with Gasteiger partial charge in [-0.1, -0.05) is 18.2 Å². The van der Waals surface area contributed by atoms with E-state index in [1.54, 1.807) is 6.20 Å². The molecule has 2 aromatic rings. The fourth-order valence-electron chi connectivity index (χ4n) is 2.54. The van der Waals surface area contributed by atoms with Crippen molar-refractivity contribution in [2.45, 2.75) is 46.2 Å². The van der Waals surface area contributed by atoms with E-state index in [4.69, 9.17) is 4.74 Å². The molecular weight excluding hydrogens is 300 g/mol. The van der Waals surface area contributed by atoms with Crippen LogP contribution in [0.2, 0.25) is 0 Å². The Hall–Kier alpha value is -2.36. The molecule has 0 bridgehead atoms. The smallest absolute Gasteiger partial charge is 0.223 e. The number of rotatable bonds is 8. The second-order valence-corrected chi connectivity index (χ2v) is 6.01. The number of aromatic nitrogens is 1. The van der Waals surface area contributed by atoms with E-state index in [-0.39, 0.29) is 11.9 Å². The predicted octanol–water partition coefficient (Wildman–Crippen LogP) is 3.85. The molecule has 1 aromatic heterocycles. The van der Waals surface area contributed by atoms with Crippen LogP contribution in [0.4, 0.5) is 0 Å². The molecule has 1 heterocycles. The van der Waals surface area contributed by atoms with E-state index in [2.05, 4.69) is 4.98 Å². The van der Waals surface area contributed by atoms with Gasteiger partial charge in [0.05, 0.1) is 18.8 Å². The molecule has 2 rings (SSSR count). The fourth-order valence-corrected chi connectivity index (χ4v) is 2.54. The third-order valence-electron chi connectivity index (χ3n) is 3.86. The van der Waals surface area contributed by atoms with E-state index in [0.29, 0.717) is 19.6 Å². The van der Waals surface area contributed by atoms with E-state index in [0.717, 1.165) is 23.4 Å². The highest BCUT2D eigenvalue weighted by Gasteiger charge is 2.17. The summed E-state index contributed by atoms with van der Waals surface area (Å²) in [4.78, 5) is 18.8. The van der Waals surface area contributed by atoms with Gasteiger partial charge in [-0.15, -0.1) is 0 Å². The van der Waals surface area contributed by atoms with Gasteiger partial charge in [0.1, 0.15) is 5.75 Å². The number of aryl methyl sites for hydroxylation is 1. The monoisotopic (exact) mass is 326 g/mol. The van der Waals surface area contributed by atoms with Crippen LogP contribution in [0.3, 0.4) is 0 Å². The molecule has 0 aliphatic carbocycles. The van der Waals surface area contributed by atoms with Gasteiger partial charge in [0, 0.05) is 18.7 Å². The molecule has 0 spiro atoms. The summed E-state index contributed by atoms with van der Waals surface area (Å²) in [6.45, 7) is 7.26. The highest BCUT2D eigenvalue weighted by Crippen LogP contribution is 2.15. The van der Waals surface area contributed by atoms with Crippen LogP contribution in [0.1, 0.15) is 38.4 Å². The first-order chi connectivity index (χ1) is 11.6. The maximum absolute atomic E-state index is 12.6. The SMILES string of the molecule is CCOc1ccc(CCC(=O)N(Cc2ccccn2)C(C)C)cc1. The first kappa shape index (κ1) is 18.0.